The van der Waals surface area contributed by atoms with E-state index in [2.05, 4.69) is 23.8 Å². The first-order chi connectivity index (χ1) is 11.2. The van der Waals surface area contributed by atoms with E-state index in [9.17, 15) is 4.39 Å². The van der Waals surface area contributed by atoms with Crippen LogP contribution in [0.1, 0.15) is 102 Å². The maximum absolute atomic E-state index is 14.0. The van der Waals surface area contributed by atoms with Crippen LogP contribution in [0.4, 0.5) is 4.39 Å². The van der Waals surface area contributed by atoms with Crippen LogP contribution in [0, 0.1) is 11.9 Å². The highest BCUT2D eigenvalue weighted by Gasteiger charge is 2.24. The van der Waals surface area contributed by atoms with Crippen molar-refractivity contribution < 1.29 is 4.39 Å². The third-order valence-electron chi connectivity index (χ3n) is 5.28. The van der Waals surface area contributed by atoms with Crippen molar-refractivity contribution in [1.29, 1.82) is 0 Å². The SMILES string of the molecule is CCCCCCCC1CCC(c2ncc(CCC)c(F)n2)CC1. The smallest absolute Gasteiger partial charge is 0.219 e. The Morgan fingerprint density at radius 1 is 1.00 bits per heavy atom. The van der Waals surface area contributed by atoms with Gasteiger partial charge in [-0.2, -0.15) is 4.39 Å². The van der Waals surface area contributed by atoms with E-state index in [1.807, 2.05) is 0 Å². The minimum Gasteiger partial charge on any atom is -0.241 e. The maximum Gasteiger partial charge on any atom is 0.219 e. The van der Waals surface area contributed by atoms with E-state index in [1.165, 1.54) is 51.4 Å². The number of nitrogens with zero attached hydrogens (tertiary/aromatic N) is 2. The molecule has 1 aliphatic rings. The summed E-state index contributed by atoms with van der Waals surface area (Å²) in [5, 5.41) is 0. The summed E-state index contributed by atoms with van der Waals surface area (Å²) in [7, 11) is 0. The van der Waals surface area contributed by atoms with Crippen LogP contribution >= 0.6 is 0 Å². The lowest BCUT2D eigenvalue weighted by Gasteiger charge is -2.27. The Bertz CT molecular complexity index is 453. The molecule has 0 unspecified atom stereocenters. The van der Waals surface area contributed by atoms with E-state index >= 15 is 0 Å². The molecule has 0 amide bonds. The molecule has 1 aromatic heterocycles. The van der Waals surface area contributed by atoms with Crippen molar-refractivity contribution >= 4 is 0 Å². The first-order valence-electron chi connectivity index (χ1n) is 9.75. The zero-order valence-corrected chi connectivity index (χ0v) is 15.0. The van der Waals surface area contributed by atoms with Crippen molar-refractivity contribution in [3.8, 4) is 0 Å². The van der Waals surface area contributed by atoms with Crippen molar-refractivity contribution in [2.24, 2.45) is 5.92 Å². The molecule has 23 heavy (non-hydrogen) atoms. The second-order valence-corrected chi connectivity index (χ2v) is 7.21. The zero-order chi connectivity index (χ0) is 16.5. The van der Waals surface area contributed by atoms with Crippen LogP contribution < -0.4 is 0 Å². The van der Waals surface area contributed by atoms with Gasteiger partial charge in [0.25, 0.3) is 0 Å². The fourth-order valence-electron chi connectivity index (χ4n) is 3.78. The molecule has 3 heteroatoms. The number of aryl methyl sites for hydroxylation is 1. The van der Waals surface area contributed by atoms with E-state index in [-0.39, 0.29) is 5.95 Å². The van der Waals surface area contributed by atoms with Crippen LogP contribution in [0.3, 0.4) is 0 Å². The first-order valence-corrected chi connectivity index (χ1v) is 9.75. The lowest BCUT2D eigenvalue weighted by atomic mass is 9.79. The lowest BCUT2D eigenvalue weighted by Crippen LogP contribution is -2.16. The molecule has 1 aromatic rings. The molecule has 0 radical (unpaired) electrons. The van der Waals surface area contributed by atoms with Crippen molar-refractivity contribution in [3.05, 3.63) is 23.5 Å². The molecular formula is C20H33FN2. The molecule has 1 aliphatic carbocycles. The largest absolute Gasteiger partial charge is 0.241 e. The van der Waals surface area contributed by atoms with Crippen LogP contribution in [0.25, 0.3) is 0 Å². The molecule has 0 spiro atoms. The van der Waals surface area contributed by atoms with Crippen molar-refractivity contribution in [2.75, 3.05) is 0 Å². The van der Waals surface area contributed by atoms with Crippen molar-refractivity contribution in [1.82, 2.24) is 9.97 Å². The highest BCUT2D eigenvalue weighted by atomic mass is 19.1. The van der Waals surface area contributed by atoms with Gasteiger partial charge in [-0.3, -0.25) is 0 Å². The summed E-state index contributed by atoms with van der Waals surface area (Å²) in [5.41, 5.74) is 0.664. The molecule has 0 bridgehead atoms. The highest BCUT2D eigenvalue weighted by Crippen LogP contribution is 2.36. The molecule has 2 nitrogen and oxygen atoms in total. The summed E-state index contributed by atoms with van der Waals surface area (Å²) in [6, 6.07) is 0. The van der Waals surface area contributed by atoms with Gasteiger partial charge in [-0.15, -0.1) is 0 Å². The number of aromatic nitrogens is 2. The maximum atomic E-state index is 14.0. The van der Waals surface area contributed by atoms with Crippen molar-refractivity contribution in [2.45, 2.75) is 96.8 Å². The highest BCUT2D eigenvalue weighted by molar-refractivity contribution is 5.10. The van der Waals surface area contributed by atoms with Gasteiger partial charge >= 0.3 is 0 Å². The number of halogens is 1. The fraction of sp³-hybridized carbons (Fsp3) is 0.800. The van der Waals surface area contributed by atoms with Gasteiger partial charge in [0.05, 0.1) is 0 Å². The van der Waals surface area contributed by atoms with E-state index in [0.29, 0.717) is 11.5 Å². The predicted molar refractivity (Wildman–Crippen MR) is 94.1 cm³/mol. The number of unbranched alkanes of at least 4 members (excludes halogenated alkanes) is 4. The van der Waals surface area contributed by atoms with Gasteiger partial charge in [0.1, 0.15) is 5.82 Å². The summed E-state index contributed by atoms with van der Waals surface area (Å²) >= 11 is 0. The molecule has 0 atom stereocenters. The standard InChI is InChI=1S/C20H33FN2/c1-3-5-6-7-8-10-16-11-13-17(14-12-16)20-22-15-18(9-4-2)19(21)23-20/h15-17H,3-14H2,1-2H3. The molecular weight excluding hydrogens is 287 g/mol. The Labute approximate surface area is 141 Å². The van der Waals surface area contributed by atoms with E-state index < -0.39 is 0 Å². The minimum atomic E-state index is -0.296. The normalized spacial score (nSPS) is 21.5. The summed E-state index contributed by atoms with van der Waals surface area (Å²) in [6.07, 6.45) is 16.4. The van der Waals surface area contributed by atoms with Crippen LogP contribution in [-0.2, 0) is 6.42 Å². The van der Waals surface area contributed by atoms with Gasteiger partial charge < -0.3 is 0 Å². The Hall–Kier alpha value is -0.990. The zero-order valence-electron chi connectivity index (χ0n) is 15.0. The number of hydrogen-bond acceptors (Lipinski definition) is 2. The Morgan fingerprint density at radius 3 is 2.39 bits per heavy atom. The minimum absolute atomic E-state index is 0.296. The average Bonchev–Trinajstić information content (AvgIpc) is 2.57. The van der Waals surface area contributed by atoms with Crippen LogP contribution in [0.5, 0.6) is 0 Å². The average molecular weight is 320 g/mol. The van der Waals surface area contributed by atoms with Gasteiger partial charge in [-0.25, -0.2) is 9.97 Å². The molecule has 0 aromatic carbocycles. The molecule has 1 saturated carbocycles. The summed E-state index contributed by atoms with van der Waals surface area (Å²) < 4.78 is 14.0. The van der Waals surface area contributed by atoms with Crippen LogP contribution in [0.2, 0.25) is 0 Å². The van der Waals surface area contributed by atoms with Crippen molar-refractivity contribution in [3.63, 3.8) is 0 Å². The number of hydrogen-bond donors (Lipinski definition) is 0. The third-order valence-corrected chi connectivity index (χ3v) is 5.28. The number of rotatable bonds is 9. The Balaban J connectivity index is 1.74. The predicted octanol–water partition coefficient (Wildman–Crippen LogP) is 6.20. The molecule has 0 aliphatic heterocycles. The van der Waals surface area contributed by atoms with Crippen LogP contribution in [0.15, 0.2) is 6.20 Å². The second-order valence-electron chi connectivity index (χ2n) is 7.21. The molecule has 1 fully saturated rings. The van der Waals surface area contributed by atoms with E-state index in [1.54, 1.807) is 6.20 Å². The third kappa shape index (κ3) is 5.86. The van der Waals surface area contributed by atoms with E-state index in [4.69, 9.17) is 0 Å². The fourth-order valence-corrected chi connectivity index (χ4v) is 3.78. The van der Waals surface area contributed by atoms with Gasteiger partial charge in [0.15, 0.2) is 0 Å². The first kappa shape index (κ1) is 18.4. The van der Waals surface area contributed by atoms with Gasteiger partial charge in [-0.1, -0.05) is 58.8 Å². The molecule has 1 heterocycles. The topological polar surface area (TPSA) is 25.8 Å². The molecule has 130 valence electrons. The van der Waals surface area contributed by atoms with Gasteiger partial charge in [0.2, 0.25) is 5.95 Å². The molecule has 0 N–H and O–H groups in total. The summed E-state index contributed by atoms with van der Waals surface area (Å²) in [4.78, 5) is 8.61. The molecule has 2 rings (SSSR count). The van der Waals surface area contributed by atoms with Crippen LogP contribution in [-0.4, -0.2) is 9.97 Å². The Kier molecular flexibility index (Phi) is 7.98. The molecule has 0 saturated heterocycles. The van der Waals surface area contributed by atoms with Gasteiger partial charge in [0, 0.05) is 17.7 Å². The quantitative estimate of drug-likeness (QED) is 0.400. The van der Waals surface area contributed by atoms with E-state index in [0.717, 1.165) is 37.4 Å². The summed E-state index contributed by atoms with van der Waals surface area (Å²) in [5.74, 6) is 1.69. The van der Waals surface area contributed by atoms with Gasteiger partial charge in [-0.05, 0) is 38.0 Å². The second kappa shape index (κ2) is 10.00. The monoisotopic (exact) mass is 320 g/mol. The lowest BCUT2D eigenvalue weighted by molar-refractivity contribution is 0.294. The Morgan fingerprint density at radius 2 is 1.74 bits per heavy atom. The summed E-state index contributed by atoms with van der Waals surface area (Å²) in [6.45, 7) is 4.32.